The van der Waals surface area contributed by atoms with Crippen molar-refractivity contribution in [1.29, 1.82) is 0 Å². The van der Waals surface area contributed by atoms with Crippen molar-refractivity contribution in [2.75, 3.05) is 14.2 Å². The van der Waals surface area contributed by atoms with Crippen molar-refractivity contribution in [3.05, 3.63) is 17.8 Å². The fraction of sp³-hybridized carbons (Fsp3) is 0.727. The molecule has 0 fully saturated rings. The third-order valence-electron chi connectivity index (χ3n) is 2.53. The molecule has 1 N–H and O–H groups in total. The molecule has 1 heterocycles. The molecule has 0 spiro atoms. The third-order valence-corrected chi connectivity index (χ3v) is 2.53. The summed E-state index contributed by atoms with van der Waals surface area (Å²) in [6.45, 7) is 6.06. The minimum Gasteiger partial charge on any atom is -0.444 e. The number of rotatable bonds is 5. The molecule has 15 heavy (non-hydrogen) atoms. The zero-order chi connectivity index (χ0) is 11.5. The summed E-state index contributed by atoms with van der Waals surface area (Å²) in [5.74, 6) is 1.58. The van der Waals surface area contributed by atoms with E-state index in [1.165, 1.54) is 0 Å². The summed E-state index contributed by atoms with van der Waals surface area (Å²) in [6, 6.07) is 0.143. The molecular weight excluding hydrogens is 192 g/mol. The Hall–Kier alpha value is -0.870. The lowest BCUT2D eigenvalue weighted by Crippen LogP contribution is -2.25. The Morgan fingerprint density at radius 1 is 1.60 bits per heavy atom. The lowest BCUT2D eigenvalue weighted by Gasteiger charge is -2.20. The Kier molecular flexibility index (Phi) is 3.88. The average molecular weight is 212 g/mol. The molecule has 0 radical (unpaired) electrons. The smallest absolute Gasteiger partial charge is 0.211 e. The predicted octanol–water partition coefficient (Wildman–Crippen LogP) is 1.92. The highest BCUT2D eigenvalue weighted by Gasteiger charge is 2.20. The van der Waals surface area contributed by atoms with Crippen LogP contribution in [-0.4, -0.2) is 24.7 Å². The average Bonchev–Trinajstić information content (AvgIpc) is 2.64. The van der Waals surface area contributed by atoms with Crippen molar-refractivity contribution < 1.29 is 9.15 Å². The van der Waals surface area contributed by atoms with Gasteiger partial charge in [-0.25, -0.2) is 4.98 Å². The molecule has 1 aromatic rings. The van der Waals surface area contributed by atoms with Gasteiger partial charge in [-0.05, 0) is 27.8 Å². The van der Waals surface area contributed by atoms with Gasteiger partial charge in [0.2, 0.25) is 5.89 Å². The second-order valence-electron chi connectivity index (χ2n) is 4.32. The summed E-state index contributed by atoms with van der Waals surface area (Å²) in [7, 11) is 3.58. The van der Waals surface area contributed by atoms with E-state index in [0.717, 1.165) is 18.1 Å². The molecule has 1 unspecified atom stereocenters. The molecular formula is C11H20N2O2. The number of nitrogens with zero attached hydrogens (tertiary/aromatic N) is 1. The van der Waals surface area contributed by atoms with E-state index in [9.17, 15) is 0 Å². The molecule has 0 aliphatic carbocycles. The third kappa shape index (κ3) is 3.32. The van der Waals surface area contributed by atoms with E-state index in [-0.39, 0.29) is 11.6 Å². The van der Waals surface area contributed by atoms with Gasteiger partial charge in [0.15, 0.2) is 0 Å². The topological polar surface area (TPSA) is 47.3 Å². The quantitative estimate of drug-likeness (QED) is 0.810. The molecule has 0 bridgehead atoms. The fourth-order valence-electron chi connectivity index (χ4n) is 1.22. The van der Waals surface area contributed by atoms with Crippen LogP contribution < -0.4 is 5.32 Å². The van der Waals surface area contributed by atoms with Gasteiger partial charge in [-0.3, -0.25) is 0 Å². The number of oxazole rings is 1. The number of nitrogens with one attached hydrogen (secondary N) is 1. The number of hydrogen-bond acceptors (Lipinski definition) is 4. The van der Waals surface area contributed by atoms with Crippen molar-refractivity contribution in [3.8, 4) is 0 Å². The van der Waals surface area contributed by atoms with Crippen LogP contribution in [0.3, 0.4) is 0 Å². The van der Waals surface area contributed by atoms with Crippen LogP contribution in [0.2, 0.25) is 0 Å². The van der Waals surface area contributed by atoms with Gasteiger partial charge in [0.05, 0.1) is 17.8 Å². The number of methoxy groups -OCH3 is 1. The molecule has 0 saturated heterocycles. The van der Waals surface area contributed by atoms with Gasteiger partial charge >= 0.3 is 0 Å². The number of ether oxygens (including phenoxy) is 1. The molecule has 1 rings (SSSR count). The summed E-state index contributed by atoms with van der Waals surface area (Å²) in [6.07, 6.45) is 2.50. The lowest BCUT2D eigenvalue weighted by atomic mass is 10.0. The van der Waals surface area contributed by atoms with Gasteiger partial charge in [0.25, 0.3) is 0 Å². The molecule has 0 aromatic carbocycles. The fourth-order valence-corrected chi connectivity index (χ4v) is 1.22. The number of hydrogen-bond donors (Lipinski definition) is 1. The lowest BCUT2D eigenvalue weighted by molar-refractivity contribution is 0.0189. The predicted molar refractivity (Wildman–Crippen MR) is 58.8 cm³/mol. The van der Waals surface area contributed by atoms with Crippen molar-refractivity contribution >= 4 is 0 Å². The second-order valence-corrected chi connectivity index (χ2v) is 4.32. The summed E-state index contributed by atoms with van der Waals surface area (Å²) in [5.41, 5.74) is -0.209. The molecule has 0 aliphatic heterocycles. The van der Waals surface area contributed by atoms with E-state index in [4.69, 9.17) is 9.15 Å². The van der Waals surface area contributed by atoms with E-state index in [1.807, 2.05) is 27.8 Å². The molecule has 1 atom stereocenters. The Balaban J connectivity index is 2.68. The minimum atomic E-state index is -0.209. The van der Waals surface area contributed by atoms with Crippen LogP contribution in [0.4, 0.5) is 0 Å². The van der Waals surface area contributed by atoms with Gasteiger partial charge in [-0.15, -0.1) is 0 Å². The molecule has 0 saturated carbocycles. The highest BCUT2D eigenvalue weighted by molar-refractivity contribution is 5.00. The molecule has 0 aliphatic rings. The van der Waals surface area contributed by atoms with Crippen LogP contribution in [0.5, 0.6) is 0 Å². The maximum absolute atomic E-state index is 5.62. The molecule has 4 nitrogen and oxygen atoms in total. The molecule has 1 aromatic heterocycles. The second kappa shape index (κ2) is 4.77. The van der Waals surface area contributed by atoms with Crippen LogP contribution in [0.25, 0.3) is 0 Å². The zero-order valence-electron chi connectivity index (χ0n) is 10.1. The standard InChI is InChI=1S/C11H20N2O2/c1-8(12-4)10-13-7-9(15-10)6-11(2,3)14-5/h7-8,12H,6H2,1-5H3. The van der Waals surface area contributed by atoms with Gasteiger partial charge in [0.1, 0.15) is 5.76 Å². The van der Waals surface area contributed by atoms with Crippen LogP contribution in [0.15, 0.2) is 10.6 Å². The highest BCUT2D eigenvalue weighted by atomic mass is 16.5. The van der Waals surface area contributed by atoms with Crippen LogP contribution >= 0.6 is 0 Å². The zero-order valence-corrected chi connectivity index (χ0v) is 10.1. The van der Waals surface area contributed by atoms with Gasteiger partial charge in [-0.1, -0.05) is 0 Å². The van der Waals surface area contributed by atoms with E-state index >= 15 is 0 Å². The maximum atomic E-state index is 5.62. The van der Waals surface area contributed by atoms with Crippen molar-refractivity contribution in [3.63, 3.8) is 0 Å². The first-order valence-electron chi connectivity index (χ1n) is 5.15. The summed E-state index contributed by atoms with van der Waals surface area (Å²) in [4.78, 5) is 4.22. The molecule has 0 amide bonds. The van der Waals surface area contributed by atoms with Crippen LogP contribution in [0.1, 0.15) is 38.5 Å². The summed E-state index contributed by atoms with van der Waals surface area (Å²) in [5, 5.41) is 3.08. The number of aromatic nitrogens is 1. The summed E-state index contributed by atoms with van der Waals surface area (Å²) < 4.78 is 11.0. The summed E-state index contributed by atoms with van der Waals surface area (Å²) >= 11 is 0. The Morgan fingerprint density at radius 2 is 2.27 bits per heavy atom. The van der Waals surface area contributed by atoms with E-state index in [2.05, 4.69) is 10.3 Å². The Bertz CT molecular complexity index is 307. The van der Waals surface area contributed by atoms with Crippen molar-refractivity contribution in [2.24, 2.45) is 0 Å². The highest BCUT2D eigenvalue weighted by Crippen LogP contribution is 2.19. The van der Waals surface area contributed by atoms with E-state index in [0.29, 0.717) is 0 Å². The molecule has 86 valence electrons. The van der Waals surface area contributed by atoms with Crippen LogP contribution in [-0.2, 0) is 11.2 Å². The monoisotopic (exact) mass is 212 g/mol. The van der Waals surface area contributed by atoms with Gasteiger partial charge in [0, 0.05) is 13.5 Å². The molecule has 4 heteroatoms. The van der Waals surface area contributed by atoms with Crippen LogP contribution in [0, 0.1) is 0 Å². The van der Waals surface area contributed by atoms with E-state index < -0.39 is 0 Å². The SMILES string of the molecule is CNC(C)c1ncc(CC(C)(C)OC)o1. The first-order chi connectivity index (χ1) is 6.98. The maximum Gasteiger partial charge on any atom is 0.211 e. The Labute approximate surface area is 91.0 Å². The van der Waals surface area contributed by atoms with Crippen molar-refractivity contribution in [2.45, 2.75) is 38.8 Å². The first-order valence-corrected chi connectivity index (χ1v) is 5.15. The van der Waals surface area contributed by atoms with Gasteiger partial charge < -0.3 is 14.5 Å². The van der Waals surface area contributed by atoms with Crippen molar-refractivity contribution in [1.82, 2.24) is 10.3 Å². The largest absolute Gasteiger partial charge is 0.444 e. The van der Waals surface area contributed by atoms with E-state index in [1.54, 1.807) is 13.3 Å². The van der Waals surface area contributed by atoms with Gasteiger partial charge in [-0.2, -0.15) is 0 Å². The Morgan fingerprint density at radius 3 is 2.80 bits per heavy atom. The first kappa shape index (κ1) is 12.2. The minimum absolute atomic E-state index is 0.143. The normalized spacial score (nSPS) is 14.2.